The van der Waals surface area contributed by atoms with Crippen molar-refractivity contribution >= 4 is 11.7 Å². The summed E-state index contributed by atoms with van der Waals surface area (Å²) >= 11 is 0. The number of hydrogen-bond donors (Lipinski definition) is 0. The first-order valence-corrected chi connectivity index (χ1v) is 9.04. The van der Waals surface area contributed by atoms with E-state index in [1.165, 1.54) is 30.3 Å². The van der Waals surface area contributed by atoms with Crippen LogP contribution in [0, 0.1) is 0 Å². The van der Waals surface area contributed by atoms with Crippen molar-refractivity contribution < 1.29 is 9.53 Å². The number of aryl methyl sites for hydroxylation is 1. The van der Waals surface area contributed by atoms with Crippen molar-refractivity contribution in [2.24, 2.45) is 7.05 Å². The molecule has 0 aliphatic carbocycles. The summed E-state index contributed by atoms with van der Waals surface area (Å²) in [4.78, 5) is 30.1. The Bertz CT molecular complexity index is 772. The first-order chi connectivity index (χ1) is 12.7. The number of anilines is 1. The van der Waals surface area contributed by atoms with E-state index in [4.69, 9.17) is 9.72 Å². The van der Waals surface area contributed by atoms with Crippen LogP contribution in [0.2, 0.25) is 0 Å². The average Bonchev–Trinajstić information content (AvgIpc) is 3.14. The number of ether oxygens (including phenoxy) is 1. The quantitative estimate of drug-likeness (QED) is 0.803. The van der Waals surface area contributed by atoms with Gasteiger partial charge >= 0.3 is 0 Å². The number of amides is 1. The molecular formula is C17H23N7O2. The van der Waals surface area contributed by atoms with Crippen molar-refractivity contribution in [1.82, 2.24) is 29.6 Å². The molecule has 2 aliphatic heterocycles. The van der Waals surface area contributed by atoms with Crippen LogP contribution in [0.25, 0.3) is 0 Å². The Balaban J connectivity index is 1.59. The zero-order chi connectivity index (χ0) is 17.9. The van der Waals surface area contributed by atoms with Crippen LogP contribution >= 0.6 is 0 Å². The summed E-state index contributed by atoms with van der Waals surface area (Å²) in [5, 5.41) is 4.13. The summed E-state index contributed by atoms with van der Waals surface area (Å²) in [6.45, 7) is 3.36. The summed E-state index contributed by atoms with van der Waals surface area (Å²) < 4.78 is 7.13. The van der Waals surface area contributed by atoms with Crippen LogP contribution in [0.3, 0.4) is 0 Å². The van der Waals surface area contributed by atoms with E-state index in [0.717, 1.165) is 18.9 Å². The molecule has 4 heterocycles. The minimum Gasteiger partial charge on any atom is -0.377 e. The van der Waals surface area contributed by atoms with Crippen LogP contribution in [0.15, 0.2) is 18.6 Å². The van der Waals surface area contributed by atoms with Crippen molar-refractivity contribution in [1.29, 1.82) is 0 Å². The monoisotopic (exact) mass is 357 g/mol. The fourth-order valence-corrected chi connectivity index (χ4v) is 3.45. The van der Waals surface area contributed by atoms with Gasteiger partial charge in [-0.05, 0) is 25.3 Å². The summed E-state index contributed by atoms with van der Waals surface area (Å²) in [5.41, 5.74) is 0. The van der Waals surface area contributed by atoms with E-state index < -0.39 is 0 Å². The van der Waals surface area contributed by atoms with Crippen molar-refractivity contribution in [3.8, 4) is 0 Å². The second-order valence-corrected chi connectivity index (χ2v) is 6.65. The number of nitrogens with zero attached hydrogens (tertiary/aromatic N) is 7. The molecule has 1 atom stereocenters. The molecular weight excluding hydrogens is 334 g/mol. The van der Waals surface area contributed by atoms with E-state index >= 15 is 0 Å². The number of rotatable bonds is 3. The van der Waals surface area contributed by atoms with Gasteiger partial charge in [-0.2, -0.15) is 0 Å². The highest BCUT2D eigenvalue weighted by molar-refractivity contribution is 5.90. The Hall–Kier alpha value is -2.55. The van der Waals surface area contributed by atoms with E-state index in [0.29, 0.717) is 25.6 Å². The van der Waals surface area contributed by atoms with Gasteiger partial charge in [-0.1, -0.05) is 0 Å². The van der Waals surface area contributed by atoms with Gasteiger partial charge in [0.1, 0.15) is 18.2 Å². The number of hydrogen-bond acceptors (Lipinski definition) is 7. The average molecular weight is 357 g/mol. The lowest BCUT2D eigenvalue weighted by molar-refractivity contribution is -0.00584. The minimum atomic E-state index is -0.329. The Morgan fingerprint density at radius 2 is 2.04 bits per heavy atom. The number of morpholine rings is 1. The molecule has 1 amide bonds. The van der Waals surface area contributed by atoms with E-state index in [-0.39, 0.29) is 17.8 Å². The summed E-state index contributed by atoms with van der Waals surface area (Å²) in [6.07, 6.45) is 6.92. The Morgan fingerprint density at radius 3 is 2.81 bits per heavy atom. The third-order valence-electron chi connectivity index (χ3n) is 4.82. The van der Waals surface area contributed by atoms with Crippen LogP contribution in [0.5, 0.6) is 0 Å². The fraction of sp³-hybridized carbons (Fsp3) is 0.588. The fourth-order valence-electron chi connectivity index (χ4n) is 3.45. The van der Waals surface area contributed by atoms with E-state index in [1.807, 2.05) is 6.07 Å². The first-order valence-electron chi connectivity index (χ1n) is 9.04. The van der Waals surface area contributed by atoms with E-state index in [2.05, 4.69) is 20.0 Å². The molecule has 0 aromatic carbocycles. The van der Waals surface area contributed by atoms with Gasteiger partial charge in [0.2, 0.25) is 5.82 Å². The molecule has 4 rings (SSSR count). The largest absolute Gasteiger partial charge is 0.377 e. The third kappa shape index (κ3) is 3.39. The van der Waals surface area contributed by atoms with Crippen molar-refractivity contribution in [3.63, 3.8) is 0 Å². The van der Waals surface area contributed by atoms with Crippen LogP contribution in [0.1, 0.15) is 41.7 Å². The van der Waals surface area contributed by atoms with Gasteiger partial charge in [-0.25, -0.2) is 15.0 Å². The molecule has 0 bridgehead atoms. The smallest absolute Gasteiger partial charge is 0.294 e. The lowest BCUT2D eigenvalue weighted by atomic mass is 10.1. The SMILES string of the molecule is Cn1cnc(C(=O)N2CCOC[C@H]2c2nccc(N3CCCCC3)n2)n1. The van der Waals surface area contributed by atoms with Crippen molar-refractivity contribution in [2.75, 3.05) is 37.7 Å². The Kier molecular flexibility index (Phi) is 4.79. The molecule has 0 N–H and O–H groups in total. The molecule has 2 aliphatic rings. The molecule has 2 aromatic heterocycles. The number of carbonyl (C=O) groups excluding carboxylic acids is 1. The maximum Gasteiger partial charge on any atom is 0.294 e. The zero-order valence-corrected chi connectivity index (χ0v) is 14.9. The molecule has 0 radical (unpaired) electrons. The maximum atomic E-state index is 12.8. The Labute approximate surface area is 152 Å². The van der Waals surface area contributed by atoms with E-state index in [9.17, 15) is 4.79 Å². The second kappa shape index (κ2) is 7.36. The number of piperidine rings is 1. The lowest BCUT2D eigenvalue weighted by Crippen LogP contribution is -2.44. The predicted molar refractivity (Wildman–Crippen MR) is 93.7 cm³/mol. The predicted octanol–water partition coefficient (Wildman–Crippen LogP) is 0.809. The van der Waals surface area contributed by atoms with Crippen LogP contribution in [0.4, 0.5) is 5.82 Å². The van der Waals surface area contributed by atoms with Gasteiger partial charge in [-0.15, -0.1) is 5.10 Å². The molecule has 2 aromatic rings. The highest BCUT2D eigenvalue weighted by Gasteiger charge is 2.33. The Morgan fingerprint density at radius 1 is 1.19 bits per heavy atom. The molecule has 9 nitrogen and oxygen atoms in total. The van der Waals surface area contributed by atoms with Crippen molar-refractivity contribution in [2.45, 2.75) is 25.3 Å². The van der Waals surface area contributed by atoms with Crippen LogP contribution in [-0.4, -0.2) is 68.4 Å². The van der Waals surface area contributed by atoms with Crippen LogP contribution in [-0.2, 0) is 11.8 Å². The summed E-state index contributed by atoms with van der Waals surface area (Å²) in [5.74, 6) is 1.50. The zero-order valence-electron chi connectivity index (χ0n) is 14.9. The highest BCUT2D eigenvalue weighted by Crippen LogP contribution is 2.25. The normalized spacial score (nSPS) is 21.0. The molecule has 9 heteroatoms. The van der Waals surface area contributed by atoms with Gasteiger partial charge in [0.25, 0.3) is 5.91 Å². The highest BCUT2D eigenvalue weighted by atomic mass is 16.5. The molecule has 0 spiro atoms. The first kappa shape index (κ1) is 16.9. The molecule has 2 saturated heterocycles. The van der Waals surface area contributed by atoms with Gasteiger partial charge in [0.15, 0.2) is 5.82 Å². The standard InChI is InChI=1S/C17H23N7O2/c1-22-12-19-16(21-22)17(25)24-9-10-26-11-13(24)15-18-6-5-14(20-15)23-7-3-2-4-8-23/h5-6,12-13H,2-4,7-11H2,1H3/t13-/m0/s1. The third-order valence-corrected chi connectivity index (χ3v) is 4.82. The minimum absolute atomic E-state index is 0.187. The second-order valence-electron chi connectivity index (χ2n) is 6.65. The van der Waals surface area contributed by atoms with Crippen molar-refractivity contribution in [3.05, 3.63) is 30.2 Å². The topological polar surface area (TPSA) is 89.3 Å². The number of aromatic nitrogens is 5. The molecule has 0 saturated carbocycles. The molecule has 26 heavy (non-hydrogen) atoms. The van der Waals surface area contributed by atoms with E-state index in [1.54, 1.807) is 18.1 Å². The maximum absolute atomic E-state index is 12.8. The summed E-state index contributed by atoms with van der Waals surface area (Å²) in [6, 6.07) is 1.61. The lowest BCUT2D eigenvalue weighted by Gasteiger charge is -2.34. The van der Waals surface area contributed by atoms with Gasteiger partial charge in [0, 0.05) is 32.9 Å². The molecule has 2 fully saturated rings. The summed E-state index contributed by atoms with van der Waals surface area (Å²) in [7, 11) is 1.74. The molecule has 0 unspecified atom stereocenters. The van der Waals surface area contributed by atoms with Crippen LogP contribution < -0.4 is 4.90 Å². The number of carbonyl (C=O) groups is 1. The molecule has 138 valence electrons. The van der Waals surface area contributed by atoms with Gasteiger partial charge < -0.3 is 14.5 Å². The van der Waals surface area contributed by atoms with Gasteiger partial charge in [-0.3, -0.25) is 9.48 Å². The van der Waals surface area contributed by atoms with Gasteiger partial charge in [0.05, 0.1) is 13.2 Å².